The number of hydrogen-bond acceptors (Lipinski definition) is 5. The second-order valence-corrected chi connectivity index (χ2v) is 7.19. The van der Waals surface area contributed by atoms with E-state index >= 15 is 0 Å². The highest BCUT2D eigenvalue weighted by molar-refractivity contribution is 7.99. The Kier molecular flexibility index (Phi) is 6.49. The van der Waals surface area contributed by atoms with Gasteiger partial charge in [-0.3, -0.25) is 14.2 Å². The summed E-state index contributed by atoms with van der Waals surface area (Å²) in [5, 5.41) is 2.84. The molecule has 0 saturated heterocycles. The zero-order valence-electron chi connectivity index (χ0n) is 15.7. The summed E-state index contributed by atoms with van der Waals surface area (Å²) in [6, 6.07) is 15.1. The van der Waals surface area contributed by atoms with Crippen LogP contribution in [0, 0.1) is 6.92 Å². The Bertz CT molecular complexity index is 1000. The molecule has 0 aliphatic heterocycles. The van der Waals surface area contributed by atoms with Gasteiger partial charge >= 0.3 is 0 Å². The fourth-order valence-electron chi connectivity index (χ4n) is 2.68. The van der Waals surface area contributed by atoms with Crippen molar-refractivity contribution < 1.29 is 9.53 Å². The van der Waals surface area contributed by atoms with E-state index in [2.05, 4.69) is 10.3 Å². The van der Waals surface area contributed by atoms with Crippen LogP contribution in [0.1, 0.15) is 15.9 Å². The van der Waals surface area contributed by atoms with Gasteiger partial charge in [0.05, 0.1) is 19.0 Å². The molecule has 3 aromatic rings. The third-order valence-electron chi connectivity index (χ3n) is 4.14. The second kappa shape index (κ2) is 9.23. The molecule has 0 bridgehead atoms. The summed E-state index contributed by atoms with van der Waals surface area (Å²) in [4.78, 5) is 30.7. The van der Waals surface area contributed by atoms with Gasteiger partial charge in [-0.05, 0) is 36.8 Å². The minimum atomic E-state index is -0.375. The van der Waals surface area contributed by atoms with Crippen LogP contribution in [0.2, 0.25) is 0 Å². The number of pyridine rings is 2. The maximum Gasteiger partial charge on any atom is 0.268 e. The summed E-state index contributed by atoms with van der Waals surface area (Å²) in [7, 11) is 1.53. The van der Waals surface area contributed by atoms with E-state index in [1.165, 1.54) is 17.9 Å². The molecule has 0 aliphatic rings. The first kappa shape index (κ1) is 19.7. The number of aryl methyl sites for hydroxylation is 1. The van der Waals surface area contributed by atoms with E-state index in [-0.39, 0.29) is 17.0 Å². The van der Waals surface area contributed by atoms with Crippen LogP contribution >= 0.6 is 11.8 Å². The molecule has 1 amide bonds. The number of carbonyl (C=O) groups excluding carboxylic acids is 1. The summed E-state index contributed by atoms with van der Waals surface area (Å²) >= 11 is 1.65. The van der Waals surface area contributed by atoms with Crippen LogP contribution in [0.25, 0.3) is 5.69 Å². The van der Waals surface area contributed by atoms with Gasteiger partial charge in [-0.25, -0.2) is 4.98 Å². The van der Waals surface area contributed by atoms with Gasteiger partial charge in [-0.15, -0.1) is 11.8 Å². The molecule has 7 heteroatoms. The molecule has 3 rings (SSSR count). The lowest BCUT2D eigenvalue weighted by atomic mass is 10.1. The standard InChI is InChI=1S/C21H21N3O3S/c1-15-10-12-24(16-8-9-18(27-2)23-14-16)21(26)19(15)20(25)22-11-13-28-17-6-4-3-5-7-17/h3-10,12,14H,11,13H2,1-2H3,(H,22,25). The SMILES string of the molecule is COc1ccc(-n2ccc(C)c(C(=O)NCCSc3ccccc3)c2=O)cn1. The van der Waals surface area contributed by atoms with Crippen molar-refractivity contribution in [1.29, 1.82) is 0 Å². The van der Waals surface area contributed by atoms with Gasteiger partial charge in [0.2, 0.25) is 5.88 Å². The monoisotopic (exact) mass is 395 g/mol. The van der Waals surface area contributed by atoms with Gasteiger partial charge in [-0.1, -0.05) is 18.2 Å². The molecule has 0 fully saturated rings. The number of rotatable bonds is 7. The lowest BCUT2D eigenvalue weighted by Gasteiger charge is -2.11. The molecular formula is C21H21N3O3S. The summed E-state index contributed by atoms with van der Waals surface area (Å²) in [6.07, 6.45) is 3.18. The minimum absolute atomic E-state index is 0.142. The van der Waals surface area contributed by atoms with Gasteiger partial charge in [0.15, 0.2) is 0 Å². The molecule has 28 heavy (non-hydrogen) atoms. The van der Waals surface area contributed by atoms with Crippen molar-refractivity contribution in [3.05, 3.63) is 82.4 Å². The number of benzene rings is 1. The quantitative estimate of drug-likeness (QED) is 0.492. The number of carbonyl (C=O) groups is 1. The van der Waals surface area contributed by atoms with E-state index in [1.54, 1.807) is 43.1 Å². The van der Waals surface area contributed by atoms with Crippen LogP contribution in [0.5, 0.6) is 5.88 Å². The molecule has 2 aromatic heterocycles. The number of hydrogen-bond donors (Lipinski definition) is 1. The van der Waals surface area contributed by atoms with Crippen LogP contribution in [0.4, 0.5) is 0 Å². The number of nitrogens with one attached hydrogen (secondary N) is 1. The average molecular weight is 395 g/mol. The number of aromatic nitrogens is 2. The summed E-state index contributed by atoms with van der Waals surface area (Å²) in [6.45, 7) is 2.22. The highest BCUT2D eigenvalue weighted by Gasteiger charge is 2.16. The Balaban J connectivity index is 1.71. The Labute approximate surface area is 167 Å². The zero-order chi connectivity index (χ0) is 19.9. The molecule has 0 atom stereocenters. The van der Waals surface area contributed by atoms with Crippen molar-refractivity contribution in [2.75, 3.05) is 19.4 Å². The molecule has 0 spiro atoms. The van der Waals surface area contributed by atoms with Gasteiger partial charge in [-0.2, -0.15) is 0 Å². The van der Waals surface area contributed by atoms with Gasteiger partial charge < -0.3 is 10.1 Å². The first-order chi connectivity index (χ1) is 13.6. The Morgan fingerprint density at radius 3 is 2.64 bits per heavy atom. The molecule has 0 radical (unpaired) electrons. The Hall–Kier alpha value is -3.06. The van der Waals surface area contributed by atoms with Crippen LogP contribution in [-0.2, 0) is 0 Å². The fourth-order valence-corrected chi connectivity index (χ4v) is 3.47. The number of ether oxygens (including phenoxy) is 1. The van der Waals surface area contributed by atoms with Crippen LogP contribution in [0.3, 0.4) is 0 Å². The van der Waals surface area contributed by atoms with Gasteiger partial charge in [0.1, 0.15) is 5.56 Å². The molecular weight excluding hydrogens is 374 g/mol. The van der Waals surface area contributed by atoms with Crippen molar-refractivity contribution in [2.24, 2.45) is 0 Å². The van der Waals surface area contributed by atoms with Crippen LogP contribution in [-0.4, -0.2) is 34.9 Å². The van der Waals surface area contributed by atoms with Crippen molar-refractivity contribution in [2.45, 2.75) is 11.8 Å². The normalized spacial score (nSPS) is 10.5. The first-order valence-corrected chi connectivity index (χ1v) is 9.77. The van der Waals surface area contributed by atoms with E-state index in [4.69, 9.17) is 4.74 Å². The summed E-state index contributed by atoms with van der Waals surface area (Å²) in [5.74, 6) is 0.808. The Morgan fingerprint density at radius 1 is 1.18 bits per heavy atom. The van der Waals surface area contributed by atoms with Crippen molar-refractivity contribution in [3.63, 3.8) is 0 Å². The van der Waals surface area contributed by atoms with Crippen LogP contribution < -0.4 is 15.6 Å². The predicted molar refractivity (Wildman–Crippen MR) is 111 cm³/mol. The molecule has 1 aromatic carbocycles. The van der Waals surface area contributed by atoms with E-state index in [0.717, 1.165) is 10.6 Å². The average Bonchev–Trinajstić information content (AvgIpc) is 2.72. The number of nitrogens with zero attached hydrogens (tertiary/aromatic N) is 2. The third kappa shape index (κ3) is 4.61. The van der Waals surface area contributed by atoms with E-state index in [0.29, 0.717) is 23.7 Å². The van der Waals surface area contributed by atoms with Gasteiger partial charge in [0, 0.05) is 29.5 Å². The number of thioether (sulfide) groups is 1. The highest BCUT2D eigenvalue weighted by Crippen LogP contribution is 2.16. The number of methoxy groups -OCH3 is 1. The molecule has 1 N–H and O–H groups in total. The van der Waals surface area contributed by atoms with E-state index < -0.39 is 0 Å². The first-order valence-electron chi connectivity index (χ1n) is 8.79. The predicted octanol–water partition coefficient (Wildman–Crippen LogP) is 3.07. The highest BCUT2D eigenvalue weighted by atomic mass is 32.2. The zero-order valence-corrected chi connectivity index (χ0v) is 16.5. The van der Waals surface area contributed by atoms with Crippen molar-refractivity contribution in [1.82, 2.24) is 14.9 Å². The smallest absolute Gasteiger partial charge is 0.268 e. The maximum absolute atomic E-state index is 12.9. The topological polar surface area (TPSA) is 73.2 Å². The maximum atomic E-state index is 12.9. The van der Waals surface area contributed by atoms with Gasteiger partial charge in [0.25, 0.3) is 11.5 Å². The lowest BCUT2D eigenvalue weighted by Crippen LogP contribution is -2.34. The van der Waals surface area contributed by atoms with E-state index in [1.807, 2.05) is 30.3 Å². The minimum Gasteiger partial charge on any atom is -0.481 e. The second-order valence-electron chi connectivity index (χ2n) is 6.03. The largest absolute Gasteiger partial charge is 0.481 e. The van der Waals surface area contributed by atoms with Crippen molar-refractivity contribution >= 4 is 17.7 Å². The fraction of sp³-hybridized carbons (Fsp3) is 0.190. The lowest BCUT2D eigenvalue weighted by molar-refractivity contribution is 0.0953. The summed E-state index contributed by atoms with van der Waals surface area (Å²) in [5.41, 5.74) is 0.971. The molecule has 0 saturated carbocycles. The number of amides is 1. The Morgan fingerprint density at radius 2 is 1.96 bits per heavy atom. The molecule has 0 aliphatic carbocycles. The van der Waals surface area contributed by atoms with Crippen molar-refractivity contribution in [3.8, 4) is 11.6 Å². The van der Waals surface area contributed by atoms with Crippen LogP contribution in [0.15, 0.2) is 70.6 Å². The molecule has 2 heterocycles. The summed E-state index contributed by atoms with van der Waals surface area (Å²) < 4.78 is 6.45. The van der Waals surface area contributed by atoms with E-state index in [9.17, 15) is 9.59 Å². The molecule has 0 unspecified atom stereocenters. The molecule has 144 valence electrons. The molecule has 6 nitrogen and oxygen atoms in total. The third-order valence-corrected chi connectivity index (χ3v) is 5.15.